The summed E-state index contributed by atoms with van der Waals surface area (Å²) in [4.78, 5) is 43.9. The zero-order valence-corrected chi connectivity index (χ0v) is 15.7. The van der Waals surface area contributed by atoms with E-state index in [1.54, 1.807) is 18.3 Å². The summed E-state index contributed by atoms with van der Waals surface area (Å²) < 4.78 is 5.49. The van der Waals surface area contributed by atoms with Gasteiger partial charge in [0.15, 0.2) is 5.75 Å². The molecule has 29 heavy (non-hydrogen) atoms. The van der Waals surface area contributed by atoms with Crippen molar-refractivity contribution in [2.24, 2.45) is 35.5 Å². The predicted molar refractivity (Wildman–Crippen MR) is 103 cm³/mol. The Kier molecular flexibility index (Phi) is 3.49. The monoisotopic (exact) mass is 388 g/mol. The average molecular weight is 388 g/mol. The highest BCUT2D eigenvalue weighted by atomic mass is 16.5. The number of hydrogen-bond acceptors (Lipinski definition) is 5. The Morgan fingerprint density at radius 3 is 2.45 bits per heavy atom. The quantitative estimate of drug-likeness (QED) is 0.348. The van der Waals surface area contributed by atoms with E-state index in [2.05, 4.69) is 17.1 Å². The number of allylic oxidation sites excluding steroid dienone is 2. The van der Waals surface area contributed by atoms with Crippen LogP contribution in [0.3, 0.4) is 0 Å². The molecule has 6 atom stereocenters. The fraction of sp³-hybridized carbons (Fsp3) is 0.391. The second-order valence-corrected chi connectivity index (χ2v) is 8.54. The Bertz CT molecular complexity index is 1050. The van der Waals surface area contributed by atoms with Gasteiger partial charge in [-0.05, 0) is 42.2 Å². The van der Waals surface area contributed by atoms with E-state index in [0.717, 1.165) is 11.8 Å². The SMILES string of the molecule is O=C(CCN1C(=O)[C@@H]2[C@@H]3C=C[C@H]([C@H]4C[C@H]34)[C@@H]2C1=O)Oc1cccc2cccnc12. The summed E-state index contributed by atoms with van der Waals surface area (Å²) in [6.45, 7) is 0.0798. The molecule has 1 saturated heterocycles. The van der Waals surface area contributed by atoms with Gasteiger partial charge in [-0.1, -0.05) is 30.4 Å². The van der Waals surface area contributed by atoms with Crippen molar-refractivity contribution in [3.05, 3.63) is 48.7 Å². The maximum atomic E-state index is 13.0. The third kappa shape index (κ3) is 2.41. The molecule has 6 nitrogen and oxygen atoms in total. The molecule has 0 radical (unpaired) electrons. The van der Waals surface area contributed by atoms with E-state index in [9.17, 15) is 14.4 Å². The summed E-state index contributed by atoms with van der Waals surface area (Å²) in [6.07, 6.45) is 7.07. The predicted octanol–water partition coefficient (Wildman–Crippen LogP) is 2.58. The number of ether oxygens (including phenoxy) is 1. The van der Waals surface area contributed by atoms with Crippen LogP contribution in [0.25, 0.3) is 10.9 Å². The number of benzene rings is 1. The van der Waals surface area contributed by atoms with E-state index >= 15 is 0 Å². The van der Waals surface area contributed by atoms with Crippen LogP contribution in [0.15, 0.2) is 48.7 Å². The number of fused-ring (bicyclic) bond motifs is 1. The number of rotatable bonds is 4. The van der Waals surface area contributed by atoms with E-state index in [4.69, 9.17) is 4.74 Å². The highest BCUT2D eigenvalue weighted by Crippen LogP contribution is 2.65. The van der Waals surface area contributed by atoms with Crippen molar-refractivity contribution in [1.82, 2.24) is 9.88 Å². The maximum absolute atomic E-state index is 13.0. The Morgan fingerprint density at radius 2 is 1.72 bits per heavy atom. The molecule has 7 rings (SSSR count). The number of likely N-dealkylation sites (tertiary alicyclic amines) is 1. The van der Waals surface area contributed by atoms with Gasteiger partial charge < -0.3 is 4.74 Å². The highest BCUT2D eigenvalue weighted by molar-refractivity contribution is 6.06. The zero-order chi connectivity index (χ0) is 19.7. The number of aromatic nitrogens is 1. The lowest BCUT2D eigenvalue weighted by Gasteiger charge is -2.37. The Morgan fingerprint density at radius 1 is 1.03 bits per heavy atom. The van der Waals surface area contributed by atoms with E-state index in [-0.39, 0.29) is 48.5 Å². The third-order valence-electron chi connectivity index (χ3n) is 7.11. The lowest BCUT2D eigenvalue weighted by Crippen LogP contribution is -2.40. The molecule has 0 unspecified atom stereocenters. The summed E-state index contributed by atoms with van der Waals surface area (Å²) in [5, 5.41) is 0.883. The maximum Gasteiger partial charge on any atom is 0.313 e. The van der Waals surface area contributed by atoms with Gasteiger partial charge in [-0.25, -0.2) is 0 Å². The van der Waals surface area contributed by atoms with Gasteiger partial charge >= 0.3 is 5.97 Å². The minimum atomic E-state index is -0.470. The first-order valence-corrected chi connectivity index (χ1v) is 10.2. The average Bonchev–Trinajstić information content (AvgIpc) is 3.52. The minimum Gasteiger partial charge on any atom is -0.424 e. The topological polar surface area (TPSA) is 76.6 Å². The second-order valence-electron chi connectivity index (χ2n) is 8.54. The number of nitrogens with zero attached hydrogens (tertiary/aromatic N) is 2. The highest BCUT2D eigenvalue weighted by Gasteiger charge is 2.66. The van der Waals surface area contributed by atoms with Crippen LogP contribution in [0.5, 0.6) is 5.75 Å². The molecule has 3 fully saturated rings. The number of carbonyl (C=O) groups excluding carboxylic acids is 3. The van der Waals surface area contributed by atoms with Crippen LogP contribution < -0.4 is 4.74 Å². The molecule has 6 heteroatoms. The van der Waals surface area contributed by atoms with Crippen molar-refractivity contribution >= 4 is 28.7 Å². The van der Waals surface area contributed by atoms with Crippen LogP contribution in [-0.2, 0) is 14.4 Å². The molecule has 5 aliphatic rings. The molecule has 1 aromatic carbocycles. The number of amides is 2. The van der Waals surface area contributed by atoms with Gasteiger partial charge in [0.1, 0.15) is 5.52 Å². The number of imide groups is 1. The zero-order valence-electron chi connectivity index (χ0n) is 15.7. The normalized spacial score (nSPS) is 33.7. The Labute approximate surface area is 167 Å². The molecular weight excluding hydrogens is 368 g/mol. The summed E-state index contributed by atoms with van der Waals surface area (Å²) >= 11 is 0. The van der Waals surface area contributed by atoms with E-state index in [1.807, 2.05) is 18.2 Å². The first-order chi connectivity index (χ1) is 14.1. The van der Waals surface area contributed by atoms with Crippen molar-refractivity contribution in [2.45, 2.75) is 12.8 Å². The lowest BCUT2D eigenvalue weighted by molar-refractivity contribution is -0.141. The van der Waals surface area contributed by atoms with Crippen LogP contribution in [-0.4, -0.2) is 34.2 Å². The van der Waals surface area contributed by atoms with Crippen molar-refractivity contribution in [3.63, 3.8) is 0 Å². The van der Waals surface area contributed by atoms with E-state index in [0.29, 0.717) is 23.1 Å². The summed E-state index contributed by atoms with van der Waals surface area (Å²) in [5.41, 5.74) is 0.615. The Balaban J connectivity index is 1.15. The molecule has 1 aliphatic heterocycles. The van der Waals surface area contributed by atoms with Crippen molar-refractivity contribution in [3.8, 4) is 5.75 Å². The third-order valence-corrected chi connectivity index (χ3v) is 7.11. The van der Waals surface area contributed by atoms with E-state index in [1.165, 1.54) is 4.90 Å². The van der Waals surface area contributed by atoms with E-state index < -0.39 is 5.97 Å². The molecule has 4 aliphatic carbocycles. The van der Waals surface area contributed by atoms with Crippen molar-refractivity contribution in [1.29, 1.82) is 0 Å². The molecule has 2 aromatic rings. The summed E-state index contributed by atoms with van der Waals surface area (Å²) in [6, 6.07) is 9.12. The van der Waals surface area contributed by atoms with Crippen LogP contribution in [0.2, 0.25) is 0 Å². The number of hydrogen-bond donors (Lipinski definition) is 0. The van der Waals surface area contributed by atoms with Gasteiger partial charge in [0.25, 0.3) is 0 Å². The Hall–Kier alpha value is -3.02. The van der Waals surface area contributed by atoms with Gasteiger partial charge in [0.2, 0.25) is 11.8 Å². The van der Waals surface area contributed by atoms with Gasteiger partial charge in [-0.15, -0.1) is 0 Å². The summed E-state index contributed by atoms with van der Waals surface area (Å²) in [7, 11) is 0. The lowest BCUT2D eigenvalue weighted by atomic mass is 9.63. The standard InChI is InChI=1S/C23H20N2O4/c26-18(29-17-5-1-3-12-4-2-9-24-21(12)17)8-10-25-22(27)19-13-6-7-14(16-11-15(13)16)20(19)23(25)28/h1-7,9,13-16,19-20H,8,10-11H2/t13-,14-,15-,16-,19-,20+/m1/s1. The summed E-state index contributed by atoms with van der Waals surface area (Å²) in [5.74, 6) is 0.812. The van der Waals surface area contributed by atoms with Crippen molar-refractivity contribution < 1.29 is 19.1 Å². The van der Waals surface area contributed by atoms with Crippen LogP contribution in [0.4, 0.5) is 0 Å². The van der Waals surface area contributed by atoms with Crippen molar-refractivity contribution in [2.75, 3.05) is 6.54 Å². The molecular formula is C23H20N2O4. The first-order valence-electron chi connectivity index (χ1n) is 10.2. The second kappa shape index (κ2) is 5.99. The fourth-order valence-corrected chi connectivity index (χ4v) is 5.77. The molecule has 1 aromatic heterocycles. The molecule has 2 heterocycles. The van der Waals surface area contributed by atoms with Gasteiger partial charge in [-0.2, -0.15) is 0 Å². The number of pyridine rings is 1. The number of carbonyl (C=O) groups is 3. The largest absolute Gasteiger partial charge is 0.424 e. The smallest absolute Gasteiger partial charge is 0.313 e. The first kappa shape index (κ1) is 16.9. The number of esters is 1. The molecule has 0 spiro atoms. The molecule has 2 saturated carbocycles. The fourth-order valence-electron chi connectivity index (χ4n) is 5.77. The van der Waals surface area contributed by atoms with Crippen LogP contribution >= 0.6 is 0 Å². The number of para-hydroxylation sites is 1. The molecule has 146 valence electrons. The molecule has 0 N–H and O–H groups in total. The van der Waals surface area contributed by atoms with Gasteiger partial charge in [0.05, 0.1) is 18.3 Å². The minimum absolute atomic E-state index is 0.0181. The van der Waals surface area contributed by atoms with Gasteiger partial charge in [0, 0.05) is 18.1 Å². The molecule has 2 amide bonds. The van der Waals surface area contributed by atoms with Crippen LogP contribution in [0, 0.1) is 35.5 Å². The van der Waals surface area contributed by atoms with Gasteiger partial charge in [-0.3, -0.25) is 24.3 Å². The molecule has 2 bridgehead atoms. The van der Waals surface area contributed by atoms with Crippen LogP contribution in [0.1, 0.15) is 12.8 Å².